The van der Waals surface area contributed by atoms with E-state index >= 15 is 0 Å². The minimum atomic E-state index is -0.532. The van der Waals surface area contributed by atoms with Gasteiger partial charge in [0.25, 0.3) is 0 Å². The van der Waals surface area contributed by atoms with Crippen LogP contribution >= 0.6 is 0 Å². The average molecular weight is 185 g/mol. The summed E-state index contributed by atoms with van der Waals surface area (Å²) in [5.74, 6) is 0. The van der Waals surface area contributed by atoms with Gasteiger partial charge in [0.15, 0.2) is 0 Å². The van der Waals surface area contributed by atoms with E-state index in [1.807, 2.05) is 0 Å². The molecule has 2 heteroatoms. The molecule has 0 aromatic rings. The van der Waals surface area contributed by atoms with Gasteiger partial charge in [0, 0.05) is 0 Å². The summed E-state index contributed by atoms with van der Waals surface area (Å²) >= 11 is -0.532. The molecule has 6 heavy (non-hydrogen) atoms. The van der Waals surface area contributed by atoms with E-state index in [0.29, 0.717) is 0 Å². The van der Waals surface area contributed by atoms with Crippen molar-refractivity contribution in [3.63, 3.8) is 0 Å². The van der Waals surface area contributed by atoms with Crippen LogP contribution in [0.1, 0.15) is 6.42 Å². The molecule has 1 radical (unpaired) electrons. The molecular weight excluding hydrogens is 179 g/mol. The maximum atomic E-state index is 8.75. The Balaban J connectivity index is 2.32. The zero-order valence-corrected chi connectivity index (χ0v) is 6.76. The predicted octanol–water partition coefficient (Wildman–Crippen LogP) is -0.0736. The zero-order valence-electron chi connectivity index (χ0n) is 3.46. The molecule has 0 bridgehead atoms. The van der Waals surface area contributed by atoms with Crippen LogP contribution in [0.5, 0.6) is 0 Å². The SMILES string of the molecule is O[CH]1CC=[CH][In]1. The van der Waals surface area contributed by atoms with Gasteiger partial charge < -0.3 is 0 Å². The third kappa shape index (κ3) is 1.02. The van der Waals surface area contributed by atoms with Crippen molar-refractivity contribution in [3.05, 3.63) is 9.91 Å². The summed E-state index contributed by atoms with van der Waals surface area (Å²) in [5, 5.41) is 8.75. The normalized spacial score (nSPS) is 30.5. The summed E-state index contributed by atoms with van der Waals surface area (Å²) in [4.78, 5) is 0. The molecule has 0 spiro atoms. The molecule has 1 rings (SSSR count). The van der Waals surface area contributed by atoms with E-state index in [9.17, 15) is 0 Å². The van der Waals surface area contributed by atoms with Crippen molar-refractivity contribution in [2.75, 3.05) is 0 Å². The van der Waals surface area contributed by atoms with E-state index in [4.69, 9.17) is 5.11 Å². The summed E-state index contributed by atoms with van der Waals surface area (Å²) in [5.41, 5.74) is 0. The first-order valence-corrected chi connectivity index (χ1v) is 5.88. The van der Waals surface area contributed by atoms with Gasteiger partial charge in [-0.2, -0.15) is 0 Å². The molecule has 1 nitrogen and oxygen atoms in total. The molecule has 1 atom stereocenters. The van der Waals surface area contributed by atoms with Gasteiger partial charge in [0.05, 0.1) is 0 Å². The molecule has 0 aromatic carbocycles. The average Bonchev–Trinajstić information content (AvgIpc) is 1.86. The Morgan fingerprint density at radius 2 is 2.67 bits per heavy atom. The first-order chi connectivity index (χ1) is 2.89. The summed E-state index contributed by atoms with van der Waals surface area (Å²) in [6, 6.07) is 0. The molecule has 0 aliphatic carbocycles. The molecule has 1 heterocycles. The van der Waals surface area contributed by atoms with E-state index in [-0.39, 0.29) is 3.86 Å². The van der Waals surface area contributed by atoms with Gasteiger partial charge in [-0.05, 0) is 0 Å². The molecule has 31 valence electrons. The summed E-state index contributed by atoms with van der Waals surface area (Å²) < 4.78 is 2.32. The molecule has 1 unspecified atom stereocenters. The van der Waals surface area contributed by atoms with E-state index < -0.39 is 22.9 Å². The van der Waals surface area contributed by atoms with Gasteiger partial charge in [-0.1, -0.05) is 0 Å². The Bertz CT molecular complexity index is 61.9. The number of rotatable bonds is 0. The Hall–Kier alpha value is 0.570. The van der Waals surface area contributed by atoms with Gasteiger partial charge in [0.1, 0.15) is 0 Å². The summed E-state index contributed by atoms with van der Waals surface area (Å²) in [6.07, 6.45) is 3.03. The molecule has 0 saturated carbocycles. The van der Waals surface area contributed by atoms with Crippen LogP contribution in [0, 0.1) is 0 Å². The molecule has 1 aliphatic rings. The van der Waals surface area contributed by atoms with Crippen LogP contribution in [0.4, 0.5) is 0 Å². The Morgan fingerprint density at radius 3 is 2.83 bits per heavy atom. The first kappa shape index (κ1) is 4.72. The van der Waals surface area contributed by atoms with Gasteiger partial charge in [0.2, 0.25) is 0 Å². The fourth-order valence-electron chi connectivity index (χ4n) is 0.503. The van der Waals surface area contributed by atoms with Crippen molar-refractivity contribution in [1.29, 1.82) is 0 Å². The Labute approximate surface area is 48.4 Å². The topological polar surface area (TPSA) is 20.2 Å². The van der Waals surface area contributed by atoms with Crippen LogP contribution in [0.25, 0.3) is 0 Å². The van der Waals surface area contributed by atoms with Crippen LogP contribution in [-0.2, 0) is 0 Å². The zero-order chi connectivity index (χ0) is 4.41. The van der Waals surface area contributed by atoms with E-state index in [1.165, 1.54) is 0 Å². The second-order valence-electron chi connectivity index (χ2n) is 1.42. The number of aliphatic hydroxyl groups excluding tert-OH is 1. The Morgan fingerprint density at radius 1 is 1.83 bits per heavy atom. The van der Waals surface area contributed by atoms with Gasteiger partial charge in [-0.15, -0.1) is 0 Å². The van der Waals surface area contributed by atoms with Crippen LogP contribution in [0.3, 0.4) is 0 Å². The van der Waals surface area contributed by atoms with E-state index in [0.717, 1.165) is 6.42 Å². The van der Waals surface area contributed by atoms with E-state index in [1.54, 1.807) is 0 Å². The molecule has 0 amide bonds. The van der Waals surface area contributed by atoms with Crippen molar-refractivity contribution in [2.24, 2.45) is 0 Å². The van der Waals surface area contributed by atoms with Crippen molar-refractivity contribution in [2.45, 2.75) is 10.3 Å². The van der Waals surface area contributed by atoms with Crippen molar-refractivity contribution >= 4 is 22.9 Å². The third-order valence-electron chi connectivity index (χ3n) is 0.847. The molecule has 0 aromatic heterocycles. The third-order valence-corrected chi connectivity index (χ3v) is 4.30. The molecule has 0 saturated heterocycles. The van der Waals surface area contributed by atoms with Crippen molar-refractivity contribution in [1.82, 2.24) is 0 Å². The van der Waals surface area contributed by atoms with Crippen LogP contribution in [0.15, 0.2) is 9.91 Å². The second kappa shape index (κ2) is 2.03. The van der Waals surface area contributed by atoms with Gasteiger partial charge >= 0.3 is 48.2 Å². The van der Waals surface area contributed by atoms with Crippen molar-refractivity contribution < 1.29 is 5.11 Å². The molecule has 1 N–H and O–H groups in total. The predicted molar refractivity (Wildman–Crippen MR) is 25.5 cm³/mol. The molecule has 1 aliphatic heterocycles. The molecular formula is C4H6InO. The van der Waals surface area contributed by atoms with Gasteiger partial charge in [-0.3, -0.25) is 0 Å². The van der Waals surface area contributed by atoms with E-state index in [2.05, 4.69) is 9.91 Å². The summed E-state index contributed by atoms with van der Waals surface area (Å²) in [6.45, 7) is 0. The minimum absolute atomic E-state index is 0.125. The molecule has 0 fully saturated rings. The number of aliphatic hydroxyl groups is 1. The van der Waals surface area contributed by atoms with Gasteiger partial charge in [-0.25, -0.2) is 0 Å². The Kier molecular flexibility index (Phi) is 1.60. The maximum absolute atomic E-state index is 8.75. The van der Waals surface area contributed by atoms with Crippen LogP contribution < -0.4 is 0 Å². The van der Waals surface area contributed by atoms with Crippen LogP contribution in [-0.4, -0.2) is 31.9 Å². The van der Waals surface area contributed by atoms with Crippen molar-refractivity contribution in [3.8, 4) is 0 Å². The monoisotopic (exact) mass is 185 g/mol. The number of hydrogen-bond acceptors (Lipinski definition) is 1. The fourth-order valence-corrected chi connectivity index (χ4v) is 3.03. The summed E-state index contributed by atoms with van der Waals surface area (Å²) in [7, 11) is 0. The number of hydrogen-bond donors (Lipinski definition) is 1. The van der Waals surface area contributed by atoms with Crippen LogP contribution in [0.2, 0.25) is 0 Å². The quantitative estimate of drug-likeness (QED) is 0.559. The first-order valence-electron chi connectivity index (χ1n) is 2.07. The fraction of sp³-hybridized carbons (Fsp3) is 0.500. The standard InChI is InChI=1S/C4H6O.In/c1-2-3-4-5;/h1-2,4-5H,3H2;. The second-order valence-corrected chi connectivity index (χ2v) is 5.82.